The minimum atomic E-state index is -3.61. The summed E-state index contributed by atoms with van der Waals surface area (Å²) in [4.78, 5) is 2.63. The third-order valence-electron chi connectivity index (χ3n) is 7.01. The van der Waals surface area contributed by atoms with Crippen molar-refractivity contribution >= 4 is 10.0 Å². The van der Waals surface area contributed by atoms with Gasteiger partial charge in [-0.15, -0.1) is 0 Å². The fraction of sp³-hybridized carbons (Fsp3) is 0.423. The van der Waals surface area contributed by atoms with Gasteiger partial charge in [-0.05, 0) is 85.1 Å². The standard InChI is InChI=1S/C26H31FN4O3S/c1-30-18-24(16-28-30)35(32,33)29-8-11-34-23-7-6-20-14-21(17-31-9-3-10-31)25(26(20)15-23)13-19-4-2-5-22(27)12-19/h2,4-7,12,15-16,18,21,25,29H,3,8-11,13-14,17H2,1H3. The third-order valence-corrected chi connectivity index (χ3v) is 8.42. The Balaban J connectivity index is 1.26. The number of hydrogen-bond acceptors (Lipinski definition) is 5. The number of rotatable bonds is 10. The number of benzene rings is 2. The molecule has 2 unspecified atom stereocenters. The fourth-order valence-electron chi connectivity index (χ4n) is 5.12. The molecule has 2 aromatic carbocycles. The lowest BCUT2D eigenvalue weighted by Gasteiger charge is -2.35. The molecule has 1 aliphatic carbocycles. The molecule has 1 N–H and O–H groups in total. The zero-order valence-electron chi connectivity index (χ0n) is 19.9. The van der Waals surface area contributed by atoms with Gasteiger partial charge in [-0.25, -0.2) is 17.5 Å². The van der Waals surface area contributed by atoms with Crippen molar-refractivity contribution in [3.8, 4) is 5.75 Å². The van der Waals surface area contributed by atoms with Gasteiger partial charge >= 0.3 is 0 Å². The van der Waals surface area contributed by atoms with E-state index in [1.807, 2.05) is 12.1 Å². The van der Waals surface area contributed by atoms with Crippen molar-refractivity contribution in [3.63, 3.8) is 0 Å². The molecular formula is C26H31FN4O3S. The Morgan fingerprint density at radius 1 is 1.20 bits per heavy atom. The first-order valence-electron chi connectivity index (χ1n) is 12.1. The maximum atomic E-state index is 13.9. The van der Waals surface area contributed by atoms with Crippen molar-refractivity contribution in [2.45, 2.75) is 30.1 Å². The summed E-state index contributed by atoms with van der Waals surface area (Å²) in [5.74, 6) is 1.29. The van der Waals surface area contributed by atoms with Gasteiger partial charge in [0.1, 0.15) is 23.1 Å². The monoisotopic (exact) mass is 498 g/mol. The van der Waals surface area contributed by atoms with E-state index in [9.17, 15) is 12.8 Å². The number of aryl methyl sites for hydroxylation is 1. The highest BCUT2D eigenvalue weighted by Crippen LogP contribution is 2.42. The maximum Gasteiger partial charge on any atom is 0.243 e. The molecule has 2 atom stereocenters. The first kappa shape index (κ1) is 24.0. The van der Waals surface area contributed by atoms with Gasteiger partial charge in [0.2, 0.25) is 10.0 Å². The van der Waals surface area contributed by atoms with E-state index in [1.165, 1.54) is 40.7 Å². The second-order valence-electron chi connectivity index (χ2n) is 9.52. The van der Waals surface area contributed by atoms with E-state index < -0.39 is 10.0 Å². The molecule has 35 heavy (non-hydrogen) atoms. The number of nitrogens with one attached hydrogen (secondary N) is 1. The lowest BCUT2D eigenvalue weighted by atomic mass is 9.86. The van der Waals surface area contributed by atoms with E-state index in [0.29, 0.717) is 11.8 Å². The fourth-order valence-corrected chi connectivity index (χ4v) is 6.12. The topological polar surface area (TPSA) is 76.5 Å². The van der Waals surface area contributed by atoms with Crippen LogP contribution in [0.3, 0.4) is 0 Å². The van der Waals surface area contributed by atoms with Crippen molar-refractivity contribution in [2.75, 3.05) is 32.8 Å². The second kappa shape index (κ2) is 10.1. The molecule has 0 amide bonds. The van der Waals surface area contributed by atoms with E-state index in [4.69, 9.17) is 4.74 Å². The number of hydrogen-bond donors (Lipinski definition) is 1. The van der Waals surface area contributed by atoms with Gasteiger partial charge in [-0.3, -0.25) is 4.68 Å². The number of fused-ring (bicyclic) bond motifs is 1. The van der Waals surface area contributed by atoms with Crippen LogP contribution in [0, 0.1) is 11.7 Å². The summed E-state index contributed by atoms with van der Waals surface area (Å²) in [6.45, 7) is 3.73. The molecule has 1 saturated heterocycles. The molecule has 0 bridgehead atoms. The van der Waals surface area contributed by atoms with Crippen molar-refractivity contribution in [1.29, 1.82) is 0 Å². The lowest BCUT2D eigenvalue weighted by molar-refractivity contribution is 0.145. The Morgan fingerprint density at radius 2 is 2.06 bits per heavy atom. The summed E-state index contributed by atoms with van der Waals surface area (Å²) >= 11 is 0. The summed E-state index contributed by atoms with van der Waals surface area (Å²) < 4.78 is 48.5. The van der Waals surface area contributed by atoms with Gasteiger partial charge in [0.15, 0.2) is 0 Å². The van der Waals surface area contributed by atoms with Crippen LogP contribution in [0.15, 0.2) is 59.8 Å². The predicted octanol–water partition coefficient (Wildman–Crippen LogP) is 3.12. The van der Waals surface area contributed by atoms with Crippen LogP contribution in [0.2, 0.25) is 0 Å². The Kier molecular flexibility index (Phi) is 6.91. The van der Waals surface area contributed by atoms with Crippen molar-refractivity contribution < 1.29 is 17.5 Å². The van der Waals surface area contributed by atoms with Crippen LogP contribution in [0.1, 0.15) is 29.0 Å². The van der Waals surface area contributed by atoms with Crippen LogP contribution >= 0.6 is 0 Å². The predicted molar refractivity (Wildman–Crippen MR) is 131 cm³/mol. The Bertz CT molecular complexity index is 1290. The Hall–Kier alpha value is -2.75. The molecule has 0 saturated carbocycles. The van der Waals surface area contributed by atoms with Gasteiger partial charge in [-0.2, -0.15) is 5.10 Å². The smallest absolute Gasteiger partial charge is 0.243 e. The van der Waals surface area contributed by atoms with E-state index in [-0.39, 0.29) is 23.9 Å². The van der Waals surface area contributed by atoms with Crippen LogP contribution < -0.4 is 9.46 Å². The number of aromatic nitrogens is 2. The van der Waals surface area contributed by atoms with Crippen molar-refractivity contribution in [3.05, 3.63) is 77.4 Å². The van der Waals surface area contributed by atoms with E-state index in [1.54, 1.807) is 19.2 Å². The van der Waals surface area contributed by atoms with E-state index in [2.05, 4.69) is 26.9 Å². The average molecular weight is 499 g/mol. The number of halogens is 1. The zero-order chi connectivity index (χ0) is 24.4. The molecule has 2 heterocycles. The Morgan fingerprint density at radius 3 is 2.77 bits per heavy atom. The summed E-state index contributed by atoms with van der Waals surface area (Å²) in [6.07, 6.45) is 5.84. The first-order chi connectivity index (χ1) is 16.9. The van der Waals surface area contributed by atoms with E-state index in [0.717, 1.165) is 43.8 Å². The minimum Gasteiger partial charge on any atom is -0.492 e. The van der Waals surface area contributed by atoms with Gasteiger partial charge in [0.05, 0.1) is 6.20 Å². The molecule has 9 heteroatoms. The highest BCUT2D eigenvalue weighted by Gasteiger charge is 2.35. The molecule has 3 aromatic rings. The highest BCUT2D eigenvalue weighted by molar-refractivity contribution is 7.89. The molecule has 186 valence electrons. The molecule has 0 radical (unpaired) electrons. The van der Waals surface area contributed by atoms with Crippen LogP contribution in [0.5, 0.6) is 5.75 Å². The summed E-state index contributed by atoms with van der Waals surface area (Å²) in [5, 5.41) is 3.91. The van der Waals surface area contributed by atoms with Crippen LogP contribution in [0.25, 0.3) is 0 Å². The highest BCUT2D eigenvalue weighted by atomic mass is 32.2. The second-order valence-corrected chi connectivity index (χ2v) is 11.3. The van der Waals surface area contributed by atoms with Crippen LogP contribution in [0.4, 0.5) is 4.39 Å². The molecule has 1 aliphatic heterocycles. The normalized spacial score (nSPS) is 19.9. The summed E-state index contributed by atoms with van der Waals surface area (Å²) in [7, 11) is -1.94. The number of nitrogens with zero attached hydrogens (tertiary/aromatic N) is 3. The number of likely N-dealkylation sites (tertiary alicyclic amines) is 1. The minimum absolute atomic E-state index is 0.131. The average Bonchev–Trinajstić information content (AvgIpc) is 3.38. The number of sulfonamides is 1. The molecule has 0 spiro atoms. The summed E-state index contributed by atoms with van der Waals surface area (Å²) in [5.41, 5.74) is 3.59. The molecule has 7 nitrogen and oxygen atoms in total. The molecule has 2 aliphatic rings. The molecular weight excluding hydrogens is 467 g/mol. The van der Waals surface area contributed by atoms with Crippen LogP contribution in [-0.2, 0) is 29.9 Å². The van der Waals surface area contributed by atoms with Crippen molar-refractivity contribution in [1.82, 2.24) is 19.4 Å². The molecule has 1 fully saturated rings. The van der Waals surface area contributed by atoms with Gasteiger partial charge in [0, 0.05) is 26.3 Å². The lowest BCUT2D eigenvalue weighted by Crippen LogP contribution is -2.41. The largest absolute Gasteiger partial charge is 0.492 e. The maximum absolute atomic E-state index is 13.9. The van der Waals surface area contributed by atoms with Crippen molar-refractivity contribution in [2.24, 2.45) is 13.0 Å². The van der Waals surface area contributed by atoms with Gasteiger partial charge in [0.25, 0.3) is 0 Å². The Labute approximate surface area is 206 Å². The van der Waals surface area contributed by atoms with Gasteiger partial charge < -0.3 is 9.64 Å². The SMILES string of the molecule is Cn1cc(S(=O)(=O)NCCOc2ccc3c(c2)C(Cc2cccc(F)c2)C(CN2CCC2)C3)cn1. The van der Waals surface area contributed by atoms with E-state index >= 15 is 0 Å². The zero-order valence-corrected chi connectivity index (χ0v) is 20.7. The molecule has 1 aromatic heterocycles. The summed E-state index contributed by atoms with van der Waals surface area (Å²) in [6, 6.07) is 13.1. The number of ether oxygens (including phenoxy) is 1. The van der Waals surface area contributed by atoms with Gasteiger partial charge in [-0.1, -0.05) is 18.2 Å². The molecule has 5 rings (SSSR count). The quantitative estimate of drug-likeness (QED) is 0.435. The van der Waals surface area contributed by atoms with Crippen LogP contribution in [-0.4, -0.2) is 55.9 Å². The first-order valence-corrected chi connectivity index (χ1v) is 13.6. The third kappa shape index (κ3) is 5.58.